The lowest BCUT2D eigenvalue weighted by Crippen LogP contribution is -1.73. The molecule has 0 unspecified atom stereocenters. The van der Waals surface area contributed by atoms with Gasteiger partial charge in [-0.3, -0.25) is 0 Å². The summed E-state index contributed by atoms with van der Waals surface area (Å²) < 4.78 is 0. The smallest absolute Gasteiger partial charge is 0.0465 e. The second kappa shape index (κ2) is 1.60. The van der Waals surface area contributed by atoms with E-state index in [1.54, 1.807) is 5.57 Å². The highest BCUT2D eigenvalue weighted by Gasteiger charge is 1.96. The van der Waals surface area contributed by atoms with Crippen LogP contribution in [0.1, 0.15) is 6.92 Å². The Balaban J connectivity index is 2.45. The van der Waals surface area contributed by atoms with Crippen LogP contribution in [-0.4, -0.2) is 9.52 Å². The van der Waals surface area contributed by atoms with Gasteiger partial charge < -0.3 is 0 Å². The summed E-state index contributed by atoms with van der Waals surface area (Å²) in [5.74, 6) is 0. The van der Waals surface area contributed by atoms with Gasteiger partial charge in [0.25, 0.3) is 0 Å². The summed E-state index contributed by atoms with van der Waals surface area (Å²) in [5, 5.41) is 0. The fourth-order valence-corrected chi connectivity index (χ4v) is 1.76. The number of hydrogen-bond donors (Lipinski definition) is 0. The Morgan fingerprint density at radius 3 is 2.83 bits per heavy atom. The van der Waals surface area contributed by atoms with Crippen molar-refractivity contribution in [3.8, 4) is 0 Å². The lowest BCUT2D eigenvalue weighted by molar-refractivity contribution is 1.40. The summed E-state index contributed by atoms with van der Waals surface area (Å²) in [5.41, 5.74) is 1.59. The molecule has 0 fully saturated rings. The van der Waals surface area contributed by atoms with E-state index in [4.69, 9.17) is 0 Å². The highest BCUT2D eigenvalue weighted by molar-refractivity contribution is 6.38. The minimum absolute atomic E-state index is 1.20. The third-order valence-electron chi connectivity index (χ3n) is 0.999. The van der Waals surface area contributed by atoms with Gasteiger partial charge in [0.2, 0.25) is 0 Å². The molecule has 0 amide bonds. The second-order valence-electron chi connectivity index (χ2n) is 1.68. The van der Waals surface area contributed by atoms with Crippen LogP contribution in [0.15, 0.2) is 11.6 Å². The van der Waals surface area contributed by atoms with Gasteiger partial charge in [0.15, 0.2) is 0 Å². The van der Waals surface area contributed by atoms with Gasteiger partial charge in [0.05, 0.1) is 0 Å². The fraction of sp³-hybridized carbons (Fsp3) is 0.600. The van der Waals surface area contributed by atoms with Crippen molar-refractivity contribution in [2.75, 3.05) is 0 Å². The summed E-state index contributed by atoms with van der Waals surface area (Å²) in [7, 11) is 1.20. The molecule has 1 heterocycles. The maximum Gasteiger partial charge on any atom is 0.0465 e. The molecule has 0 saturated heterocycles. The molecule has 1 rings (SSSR count). The first-order valence-electron chi connectivity index (χ1n) is 2.26. The highest BCUT2D eigenvalue weighted by atomic mass is 28.2. The van der Waals surface area contributed by atoms with Crippen LogP contribution in [0.25, 0.3) is 0 Å². The van der Waals surface area contributed by atoms with Crippen LogP contribution in [0.4, 0.5) is 0 Å². The number of hydrogen-bond acceptors (Lipinski definition) is 0. The first-order chi connectivity index (χ1) is 2.89. The van der Waals surface area contributed by atoms with Gasteiger partial charge in [-0.05, 0) is 19.0 Å². The van der Waals surface area contributed by atoms with E-state index in [9.17, 15) is 0 Å². The molecule has 0 saturated carbocycles. The first-order valence-corrected chi connectivity index (χ1v) is 3.67. The van der Waals surface area contributed by atoms with E-state index in [-0.39, 0.29) is 0 Å². The summed E-state index contributed by atoms with van der Waals surface area (Å²) in [6.07, 6.45) is 2.33. The zero-order chi connectivity index (χ0) is 4.41. The lowest BCUT2D eigenvalue weighted by Gasteiger charge is -1.79. The Bertz CT molecular complexity index is 74.0. The predicted octanol–water partition coefficient (Wildman–Crippen LogP) is 1.49. The summed E-state index contributed by atoms with van der Waals surface area (Å²) in [6, 6.07) is 2.73. The highest BCUT2D eigenvalue weighted by Crippen LogP contribution is 2.09. The van der Waals surface area contributed by atoms with Gasteiger partial charge in [-0.15, -0.1) is 0 Å². The molecule has 2 radical (unpaired) electrons. The molecular formula is C5H8Si. The molecule has 0 nitrogen and oxygen atoms in total. The molecule has 0 aliphatic carbocycles. The Kier molecular flexibility index (Phi) is 1.10. The van der Waals surface area contributed by atoms with Crippen molar-refractivity contribution in [2.24, 2.45) is 0 Å². The summed E-state index contributed by atoms with van der Waals surface area (Å²) >= 11 is 0. The number of rotatable bonds is 0. The predicted molar refractivity (Wildman–Crippen MR) is 29.1 cm³/mol. The zero-order valence-corrected chi connectivity index (χ0v) is 4.99. The van der Waals surface area contributed by atoms with Crippen molar-refractivity contribution >= 4 is 9.52 Å². The molecular weight excluding hydrogens is 88.1 g/mol. The van der Waals surface area contributed by atoms with Crippen LogP contribution < -0.4 is 0 Å². The van der Waals surface area contributed by atoms with E-state index in [1.165, 1.54) is 21.6 Å². The van der Waals surface area contributed by atoms with Gasteiger partial charge in [-0.25, -0.2) is 0 Å². The molecule has 0 aromatic carbocycles. The Morgan fingerprint density at radius 1 is 1.83 bits per heavy atom. The van der Waals surface area contributed by atoms with Crippen molar-refractivity contribution in [2.45, 2.75) is 19.0 Å². The maximum absolute atomic E-state index is 2.33. The largest absolute Gasteiger partial charge is 0.0890 e. The summed E-state index contributed by atoms with van der Waals surface area (Å²) in [4.78, 5) is 0. The van der Waals surface area contributed by atoms with Gasteiger partial charge >= 0.3 is 0 Å². The van der Waals surface area contributed by atoms with Crippen molar-refractivity contribution < 1.29 is 0 Å². The topological polar surface area (TPSA) is 0 Å². The van der Waals surface area contributed by atoms with E-state index in [0.29, 0.717) is 0 Å². The SMILES string of the molecule is CC1=CC[Si]C1. The van der Waals surface area contributed by atoms with Crippen molar-refractivity contribution in [3.05, 3.63) is 11.6 Å². The Labute approximate surface area is 41.1 Å². The molecule has 1 aliphatic rings. The van der Waals surface area contributed by atoms with Crippen molar-refractivity contribution in [1.29, 1.82) is 0 Å². The monoisotopic (exact) mass is 96.0 g/mol. The molecule has 0 aromatic heterocycles. The second-order valence-corrected chi connectivity index (χ2v) is 2.94. The van der Waals surface area contributed by atoms with E-state index in [0.717, 1.165) is 0 Å². The van der Waals surface area contributed by atoms with E-state index in [2.05, 4.69) is 13.0 Å². The summed E-state index contributed by atoms with van der Waals surface area (Å²) in [6.45, 7) is 2.21. The van der Waals surface area contributed by atoms with E-state index in [1.807, 2.05) is 0 Å². The van der Waals surface area contributed by atoms with Crippen LogP contribution in [0, 0.1) is 0 Å². The average Bonchev–Trinajstić information content (AvgIpc) is 1.86. The molecule has 0 aromatic rings. The van der Waals surface area contributed by atoms with Crippen LogP contribution in [0.5, 0.6) is 0 Å². The van der Waals surface area contributed by atoms with Crippen molar-refractivity contribution in [3.63, 3.8) is 0 Å². The van der Waals surface area contributed by atoms with Crippen LogP contribution >= 0.6 is 0 Å². The molecule has 1 heteroatoms. The standard InChI is InChI=1S/C5H8Si/c1-5-2-3-6-4-5/h2H,3-4H2,1H3. The Morgan fingerprint density at radius 2 is 2.67 bits per heavy atom. The van der Waals surface area contributed by atoms with E-state index >= 15 is 0 Å². The molecule has 32 valence electrons. The average molecular weight is 96.2 g/mol. The first kappa shape index (κ1) is 4.12. The van der Waals surface area contributed by atoms with E-state index < -0.39 is 0 Å². The van der Waals surface area contributed by atoms with Crippen LogP contribution in [-0.2, 0) is 0 Å². The third-order valence-corrected chi connectivity index (χ3v) is 2.30. The number of allylic oxidation sites excluding steroid dienone is 2. The molecule has 0 atom stereocenters. The molecule has 0 N–H and O–H groups in total. The minimum atomic E-state index is 1.20. The molecule has 1 aliphatic heterocycles. The quantitative estimate of drug-likeness (QED) is 0.316. The third kappa shape index (κ3) is 0.715. The van der Waals surface area contributed by atoms with Crippen molar-refractivity contribution in [1.82, 2.24) is 0 Å². The van der Waals surface area contributed by atoms with Gasteiger partial charge in [0, 0.05) is 9.52 Å². The van der Waals surface area contributed by atoms with Gasteiger partial charge in [-0.1, -0.05) is 11.6 Å². The molecule has 6 heavy (non-hydrogen) atoms. The van der Waals surface area contributed by atoms with Crippen LogP contribution in [0.2, 0.25) is 12.1 Å². The maximum atomic E-state index is 2.33. The molecule has 0 bridgehead atoms. The zero-order valence-electron chi connectivity index (χ0n) is 3.99. The normalized spacial score (nSPS) is 21.2. The lowest BCUT2D eigenvalue weighted by atomic mass is 10.3. The Hall–Kier alpha value is -0.0431. The minimum Gasteiger partial charge on any atom is -0.0890 e. The van der Waals surface area contributed by atoms with Gasteiger partial charge in [0.1, 0.15) is 0 Å². The van der Waals surface area contributed by atoms with Crippen LogP contribution in [0.3, 0.4) is 0 Å². The molecule has 0 spiro atoms. The fourth-order valence-electron chi connectivity index (χ4n) is 0.588. The van der Waals surface area contributed by atoms with Gasteiger partial charge in [-0.2, -0.15) is 0 Å².